The highest BCUT2D eigenvalue weighted by molar-refractivity contribution is 5.91. The van der Waals surface area contributed by atoms with Gasteiger partial charge in [-0.3, -0.25) is 25.0 Å². The SMILES string of the molecule is Cc1ccc(-c2cn(C(C(=O)NC=O)c3ccc([N+](=O)[O-])cc3F)nn2)cc1. The summed E-state index contributed by atoms with van der Waals surface area (Å²) >= 11 is 0. The maximum absolute atomic E-state index is 14.5. The van der Waals surface area contributed by atoms with Crippen LogP contribution in [0.5, 0.6) is 0 Å². The van der Waals surface area contributed by atoms with E-state index >= 15 is 0 Å². The lowest BCUT2D eigenvalue weighted by atomic mass is 10.0. The van der Waals surface area contributed by atoms with Crippen LogP contribution in [0.3, 0.4) is 0 Å². The van der Waals surface area contributed by atoms with Crippen molar-refractivity contribution in [1.82, 2.24) is 20.3 Å². The van der Waals surface area contributed by atoms with Crippen molar-refractivity contribution in [3.05, 3.63) is 75.7 Å². The van der Waals surface area contributed by atoms with E-state index in [-0.39, 0.29) is 12.0 Å². The van der Waals surface area contributed by atoms with Crippen LogP contribution in [0.1, 0.15) is 17.2 Å². The molecule has 0 saturated carbocycles. The molecular formula is C18H14FN5O4. The summed E-state index contributed by atoms with van der Waals surface area (Å²) in [6.45, 7) is 1.93. The molecule has 1 N–H and O–H groups in total. The Hall–Kier alpha value is -3.95. The molecule has 1 atom stereocenters. The van der Waals surface area contributed by atoms with Crippen molar-refractivity contribution in [2.24, 2.45) is 0 Å². The van der Waals surface area contributed by atoms with Crippen LogP contribution in [0, 0.1) is 22.9 Å². The third-order valence-corrected chi connectivity index (χ3v) is 4.06. The number of aromatic nitrogens is 3. The van der Waals surface area contributed by atoms with Gasteiger partial charge >= 0.3 is 0 Å². The monoisotopic (exact) mass is 383 g/mol. The fourth-order valence-electron chi connectivity index (χ4n) is 2.65. The van der Waals surface area contributed by atoms with E-state index in [1.165, 1.54) is 6.20 Å². The Morgan fingerprint density at radius 1 is 1.29 bits per heavy atom. The number of amides is 2. The predicted molar refractivity (Wildman–Crippen MR) is 95.6 cm³/mol. The van der Waals surface area contributed by atoms with Gasteiger partial charge < -0.3 is 0 Å². The molecule has 3 rings (SSSR count). The molecule has 1 unspecified atom stereocenters. The van der Waals surface area contributed by atoms with E-state index in [9.17, 15) is 24.1 Å². The highest BCUT2D eigenvalue weighted by atomic mass is 19.1. The van der Waals surface area contributed by atoms with Gasteiger partial charge in [-0.05, 0) is 13.0 Å². The van der Waals surface area contributed by atoms with E-state index in [2.05, 4.69) is 10.3 Å². The summed E-state index contributed by atoms with van der Waals surface area (Å²) in [5.41, 5.74) is 1.56. The fraction of sp³-hybridized carbons (Fsp3) is 0.111. The molecule has 0 bridgehead atoms. The van der Waals surface area contributed by atoms with Crippen LogP contribution in [0.4, 0.5) is 10.1 Å². The number of imide groups is 1. The number of hydrogen-bond donors (Lipinski definition) is 1. The lowest BCUT2D eigenvalue weighted by Crippen LogP contribution is -2.33. The number of halogens is 1. The molecule has 0 saturated heterocycles. The summed E-state index contributed by atoms with van der Waals surface area (Å²) in [5, 5.41) is 20.6. The van der Waals surface area contributed by atoms with Gasteiger partial charge in [-0.25, -0.2) is 9.07 Å². The first-order valence-corrected chi connectivity index (χ1v) is 8.07. The summed E-state index contributed by atoms with van der Waals surface area (Å²) in [6.07, 6.45) is 1.59. The maximum atomic E-state index is 14.5. The van der Waals surface area contributed by atoms with Crippen LogP contribution in [0.15, 0.2) is 48.7 Å². The van der Waals surface area contributed by atoms with E-state index in [1.54, 1.807) is 0 Å². The first-order valence-electron chi connectivity index (χ1n) is 8.07. The second kappa shape index (κ2) is 7.74. The molecule has 2 amide bonds. The largest absolute Gasteiger partial charge is 0.297 e. The van der Waals surface area contributed by atoms with Gasteiger partial charge in [0.1, 0.15) is 11.5 Å². The maximum Gasteiger partial charge on any atom is 0.272 e. The Kier molecular flexibility index (Phi) is 5.21. The zero-order valence-electron chi connectivity index (χ0n) is 14.6. The second-order valence-electron chi connectivity index (χ2n) is 5.94. The Morgan fingerprint density at radius 2 is 2.00 bits per heavy atom. The molecule has 9 nitrogen and oxygen atoms in total. The molecule has 10 heteroatoms. The van der Waals surface area contributed by atoms with Gasteiger partial charge in [0.05, 0.1) is 17.2 Å². The molecule has 0 aliphatic rings. The van der Waals surface area contributed by atoms with Gasteiger partial charge in [-0.1, -0.05) is 35.0 Å². The van der Waals surface area contributed by atoms with E-state index in [4.69, 9.17) is 0 Å². The van der Waals surface area contributed by atoms with Crippen LogP contribution in [-0.4, -0.2) is 32.2 Å². The lowest BCUT2D eigenvalue weighted by Gasteiger charge is -2.15. The number of nitro benzene ring substituents is 1. The van der Waals surface area contributed by atoms with Crippen LogP contribution >= 0.6 is 0 Å². The number of benzene rings is 2. The van der Waals surface area contributed by atoms with E-state index in [0.29, 0.717) is 11.8 Å². The average molecular weight is 383 g/mol. The van der Waals surface area contributed by atoms with Gasteiger partial charge in [-0.2, -0.15) is 0 Å². The van der Waals surface area contributed by atoms with Crippen molar-refractivity contribution in [3.63, 3.8) is 0 Å². The molecule has 3 aromatic rings. The molecule has 0 aliphatic heterocycles. The van der Waals surface area contributed by atoms with Crippen LogP contribution in [0.25, 0.3) is 11.3 Å². The molecule has 142 valence electrons. The zero-order valence-corrected chi connectivity index (χ0v) is 14.6. The molecular weight excluding hydrogens is 369 g/mol. The number of nitrogens with one attached hydrogen (secondary N) is 1. The quantitative estimate of drug-likeness (QED) is 0.396. The number of nitro groups is 1. The van der Waals surface area contributed by atoms with Crippen molar-refractivity contribution in [1.29, 1.82) is 0 Å². The van der Waals surface area contributed by atoms with Crippen molar-refractivity contribution < 1.29 is 18.9 Å². The van der Waals surface area contributed by atoms with Crippen LogP contribution < -0.4 is 5.32 Å². The first-order chi connectivity index (χ1) is 13.4. The highest BCUT2D eigenvalue weighted by Gasteiger charge is 2.28. The number of aryl methyl sites for hydroxylation is 1. The van der Waals surface area contributed by atoms with Gasteiger partial charge in [-0.15, -0.1) is 5.10 Å². The number of carbonyl (C=O) groups is 2. The van der Waals surface area contributed by atoms with Gasteiger partial charge in [0.25, 0.3) is 11.6 Å². The minimum absolute atomic E-state index is 0.163. The van der Waals surface area contributed by atoms with E-state index in [0.717, 1.165) is 27.9 Å². The fourth-order valence-corrected chi connectivity index (χ4v) is 2.65. The first kappa shape index (κ1) is 18.8. The summed E-state index contributed by atoms with van der Waals surface area (Å²) in [4.78, 5) is 33.1. The minimum atomic E-state index is -1.38. The van der Waals surface area contributed by atoms with Crippen molar-refractivity contribution >= 4 is 18.0 Å². The third kappa shape index (κ3) is 3.75. The molecule has 0 spiro atoms. The molecule has 0 fully saturated rings. The van der Waals surface area contributed by atoms with Gasteiger partial charge in [0.15, 0.2) is 6.04 Å². The van der Waals surface area contributed by atoms with Crippen molar-refractivity contribution in [3.8, 4) is 11.3 Å². The van der Waals surface area contributed by atoms with Gasteiger partial charge in [0.2, 0.25) is 6.41 Å². The van der Waals surface area contributed by atoms with Crippen LogP contribution in [0.2, 0.25) is 0 Å². The molecule has 1 heterocycles. The average Bonchev–Trinajstić information content (AvgIpc) is 3.13. The summed E-state index contributed by atoms with van der Waals surface area (Å²) < 4.78 is 15.6. The van der Waals surface area contributed by atoms with Crippen molar-refractivity contribution in [2.45, 2.75) is 13.0 Å². The molecule has 0 aliphatic carbocycles. The summed E-state index contributed by atoms with van der Waals surface area (Å²) in [6, 6.07) is 8.88. The molecule has 1 aromatic heterocycles. The summed E-state index contributed by atoms with van der Waals surface area (Å²) in [7, 11) is 0. The van der Waals surface area contributed by atoms with E-state index in [1.807, 2.05) is 36.5 Å². The van der Waals surface area contributed by atoms with Crippen LogP contribution in [-0.2, 0) is 9.59 Å². The Labute approximate surface area is 157 Å². The number of hydrogen-bond acceptors (Lipinski definition) is 6. The number of nitrogens with zero attached hydrogens (tertiary/aromatic N) is 4. The highest BCUT2D eigenvalue weighted by Crippen LogP contribution is 2.26. The number of rotatable bonds is 6. The predicted octanol–water partition coefficient (Wildman–Crippen LogP) is 2.16. The smallest absolute Gasteiger partial charge is 0.272 e. The molecule has 2 aromatic carbocycles. The molecule has 28 heavy (non-hydrogen) atoms. The second-order valence-corrected chi connectivity index (χ2v) is 5.94. The summed E-state index contributed by atoms with van der Waals surface area (Å²) in [5.74, 6) is -1.84. The normalized spacial score (nSPS) is 11.6. The minimum Gasteiger partial charge on any atom is -0.297 e. The zero-order chi connectivity index (χ0) is 20.3. The van der Waals surface area contributed by atoms with Gasteiger partial charge in [0, 0.05) is 17.2 Å². The van der Waals surface area contributed by atoms with E-state index < -0.39 is 28.4 Å². The number of carbonyl (C=O) groups excluding carboxylic acids is 2. The Morgan fingerprint density at radius 3 is 2.61 bits per heavy atom. The lowest BCUT2D eigenvalue weighted by molar-refractivity contribution is -0.385. The standard InChI is InChI=1S/C18H14FN5O4/c1-11-2-4-12(5-3-11)16-9-23(22-21-16)17(18(26)20-10-25)14-7-6-13(24(27)28)8-15(14)19/h2-10,17H,1H3,(H,20,25,26). The molecule has 0 radical (unpaired) electrons. The third-order valence-electron chi connectivity index (χ3n) is 4.06. The topological polar surface area (TPSA) is 120 Å². The Balaban J connectivity index is 2.04. The number of non-ortho nitro benzene ring substituents is 1. The Bertz CT molecular complexity index is 1050. The van der Waals surface area contributed by atoms with Crippen molar-refractivity contribution in [2.75, 3.05) is 0 Å².